The first kappa shape index (κ1) is 11.1. The van der Waals surface area contributed by atoms with Gasteiger partial charge in [-0.05, 0) is 31.4 Å². The molecule has 0 saturated heterocycles. The number of fused-ring (bicyclic) bond motifs is 1. The number of carboxylic acids is 1. The highest BCUT2D eigenvalue weighted by Crippen LogP contribution is 2.53. The van der Waals surface area contributed by atoms with Gasteiger partial charge in [0.1, 0.15) is 5.75 Å². The van der Waals surface area contributed by atoms with Crippen LogP contribution in [-0.2, 0) is 10.2 Å². The molecule has 4 heteroatoms. The van der Waals surface area contributed by atoms with Crippen LogP contribution in [0.25, 0.3) is 10.9 Å². The molecule has 4 nitrogen and oxygen atoms in total. The third kappa shape index (κ3) is 1.29. The summed E-state index contributed by atoms with van der Waals surface area (Å²) in [6, 6.07) is 3.81. The van der Waals surface area contributed by atoms with Crippen molar-refractivity contribution in [3.63, 3.8) is 0 Å². The third-order valence-corrected chi connectivity index (χ3v) is 3.88. The Morgan fingerprint density at radius 2 is 2.17 bits per heavy atom. The number of aliphatic carboxylic acids is 1. The molecule has 1 saturated carbocycles. The highest BCUT2D eigenvalue weighted by Gasteiger charge is 2.53. The molecule has 0 amide bonds. The van der Waals surface area contributed by atoms with E-state index in [9.17, 15) is 9.90 Å². The number of hydrogen-bond acceptors (Lipinski definition) is 2. The fourth-order valence-electron chi connectivity index (χ4n) is 2.66. The largest absolute Gasteiger partial charge is 0.496 e. The lowest BCUT2D eigenvalue weighted by Gasteiger charge is -2.16. The molecule has 3 rings (SSSR count). The number of rotatable bonds is 3. The second kappa shape index (κ2) is 3.51. The Hall–Kier alpha value is -1.97. The number of carbonyl (C=O) groups is 1. The number of nitrogens with one attached hydrogen (secondary N) is 1. The zero-order valence-electron chi connectivity index (χ0n) is 10.4. The fraction of sp³-hybridized carbons (Fsp3) is 0.357. The van der Waals surface area contributed by atoms with E-state index in [-0.39, 0.29) is 0 Å². The van der Waals surface area contributed by atoms with Gasteiger partial charge in [-0.2, -0.15) is 0 Å². The number of aromatic nitrogens is 1. The Bertz CT molecular complexity index is 638. The Kier molecular flexibility index (Phi) is 2.17. The summed E-state index contributed by atoms with van der Waals surface area (Å²) >= 11 is 0. The quantitative estimate of drug-likeness (QED) is 0.873. The topological polar surface area (TPSA) is 62.3 Å². The molecule has 1 fully saturated rings. The molecule has 1 aromatic carbocycles. The molecular formula is C14H15NO3. The van der Waals surface area contributed by atoms with Crippen molar-refractivity contribution in [3.8, 4) is 5.75 Å². The van der Waals surface area contributed by atoms with Crippen molar-refractivity contribution >= 4 is 16.9 Å². The van der Waals surface area contributed by atoms with E-state index < -0.39 is 11.4 Å². The molecular weight excluding hydrogens is 230 g/mol. The molecule has 0 spiro atoms. The van der Waals surface area contributed by atoms with Crippen molar-refractivity contribution in [2.75, 3.05) is 7.11 Å². The van der Waals surface area contributed by atoms with E-state index in [0.29, 0.717) is 18.6 Å². The summed E-state index contributed by atoms with van der Waals surface area (Å²) in [7, 11) is 1.60. The molecule has 0 bridgehead atoms. The van der Waals surface area contributed by atoms with Gasteiger partial charge in [-0.3, -0.25) is 4.79 Å². The van der Waals surface area contributed by atoms with Crippen LogP contribution >= 0.6 is 0 Å². The first-order valence-corrected chi connectivity index (χ1v) is 5.99. The van der Waals surface area contributed by atoms with Gasteiger partial charge in [0.15, 0.2) is 0 Å². The van der Waals surface area contributed by atoms with Crippen LogP contribution in [-0.4, -0.2) is 23.2 Å². The maximum atomic E-state index is 11.4. The summed E-state index contributed by atoms with van der Waals surface area (Å²) in [5, 5.41) is 10.4. The molecule has 18 heavy (non-hydrogen) atoms. The third-order valence-electron chi connectivity index (χ3n) is 3.88. The first-order chi connectivity index (χ1) is 8.60. The van der Waals surface area contributed by atoms with Crippen LogP contribution in [0.4, 0.5) is 0 Å². The van der Waals surface area contributed by atoms with Gasteiger partial charge < -0.3 is 14.8 Å². The van der Waals surface area contributed by atoms with E-state index in [1.165, 1.54) is 0 Å². The van der Waals surface area contributed by atoms with Gasteiger partial charge in [-0.15, -0.1) is 0 Å². The van der Waals surface area contributed by atoms with Crippen LogP contribution < -0.4 is 4.74 Å². The molecule has 1 heterocycles. The molecule has 2 N–H and O–H groups in total. The number of methoxy groups -OCH3 is 1. The molecule has 0 atom stereocenters. The summed E-state index contributed by atoms with van der Waals surface area (Å²) in [5.41, 5.74) is 2.12. The maximum Gasteiger partial charge on any atom is 0.314 e. The van der Waals surface area contributed by atoms with Crippen LogP contribution in [0.5, 0.6) is 5.75 Å². The Morgan fingerprint density at radius 1 is 1.44 bits per heavy atom. The minimum atomic E-state index is -0.756. The van der Waals surface area contributed by atoms with Gasteiger partial charge in [-0.25, -0.2) is 0 Å². The van der Waals surface area contributed by atoms with E-state index in [1.54, 1.807) is 7.11 Å². The summed E-state index contributed by atoms with van der Waals surface area (Å²) in [6.07, 6.45) is 3.29. The van der Waals surface area contributed by atoms with Crippen molar-refractivity contribution < 1.29 is 14.6 Å². The van der Waals surface area contributed by atoms with Gasteiger partial charge in [0, 0.05) is 22.7 Å². The number of benzene rings is 1. The van der Waals surface area contributed by atoms with E-state index in [0.717, 1.165) is 22.0 Å². The molecule has 1 aromatic heterocycles. The molecule has 94 valence electrons. The van der Waals surface area contributed by atoms with Gasteiger partial charge >= 0.3 is 5.97 Å². The Morgan fingerprint density at radius 3 is 2.72 bits per heavy atom. The van der Waals surface area contributed by atoms with Gasteiger partial charge in [0.05, 0.1) is 12.5 Å². The second-order valence-electron chi connectivity index (χ2n) is 4.93. The van der Waals surface area contributed by atoms with E-state index in [4.69, 9.17) is 4.74 Å². The van der Waals surface area contributed by atoms with Crippen molar-refractivity contribution in [3.05, 3.63) is 29.5 Å². The van der Waals surface area contributed by atoms with Crippen LogP contribution in [0.3, 0.4) is 0 Å². The number of hydrogen-bond donors (Lipinski definition) is 2. The molecule has 0 unspecified atom stereocenters. The average Bonchev–Trinajstić information content (AvgIpc) is 3.09. The Labute approximate surface area is 105 Å². The molecule has 0 radical (unpaired) electrons. The number of ether oxygens (including phenoxy) is 1. The normalized spacial score (nSPS) is 16.8. The summed E-state index contributed by atoms with van der Waals surface area (Å²) in [5.74, 6) is -0.0560. The monoisotopic (exact) mass is 245 g/mol. The lowest BCUT2D eigenvalue weighted by Crippen LogP contribution is -2.20. The highest BCUT2D eigenvalue weighted by molar-refractivity contribution is 5.95. The zero-order valence-corrected chi connectivity index (χ0v) is 10.4. The smallest absolute Gasteiger partial charge is 0.314 e. The number of aromatic amines is 1. The number of H-pyrrole nitrogens is 1. The van der Waals surface area contributed by atoms with Crippen LogP contribution in [0.15, 0.2) is 18.3 Å². The van der Waals surface area contributed by atoms with Crippen molar-refractivity contribution in [2.45, 2.75) is 25.2 Å². The maximum absolute atomic E-state index is 11.4. The van der Waals surface area contributed by atoms with Crippen LogP contribution in [0.1, 0.15) is 24.0 Å². The molecule has 0 aliphatic heterocycles. The summed E-state index contributed by atoms with van der Waals surface area (Å²) in [4.78, 5) is 14.6. The fourth-order valence-corrected chi connectivity index (χ4v) is 2.66. The predicted molar refractivity (Wildman–Crippen MR) is 68.1 cm³/mol. The lowest BCUT2D eigenvalue weighted by atomic mass is 9.93. The minimum absolute atomic E-state index is 0.688. The van der Waals surface area contributed by atoms with Gasteiger partial charge in [0.25, 0.3) is 0 Å². The average molecular weight is 245 g/mol. The Balaban J connectivity index is 2.30. The predicted octanol–water partition coefficient (Wildman–Crippen LogP) is 2.60. The first-order valence-electron chi connectivity index (χ1n) is 5.99. The molecule has 1 aliphatic rings. The number of aryl methyl sites for hydroxylation is 1. The highest BCUT2D eigenvalue weighted by atomic mass is 16.5. The van der Waals surface area contributed by atoms with E-state index in [1.807, 2.05) is 25.3 Å². The molecule has 1 aliphatic carbocycles. The summed E-state index contributed by atoms with van der Waals surface area (Å²) in [6.45, 7) is 1.99. The zero-order chi connectivity index (χ0) is 12.9. The van der Waals surface area contributed by atoms with Crippen molar-refractivity contribution in [1.29, 1.82) is 0 Å². The van der Waals surface area contributed by atoms with Crippen LogP contribution in [0.2, 0.25) is 0 Å². The molecule has 2 aromatic rings. The van der Waals surface area contributed by atoms with Gasteiger partial charge in [-0.1, -0.05) is 6.07 Å². The van der Waals surface area contributed by atoms with E-state index >= 15 is 0 Å². The van der Waals surface area contributed by atoms with Crippen LogP contribution in [0, 0.1) is 6.92 Å². The van der Waals surface area contributed by atoms with Crippen molar-refractivity contribution in [1.82, 2.24) is 4.98 Å². The summed E-state index contributed by atoms with van der Waals surface area (Å²) < 4.78 is 5.49. The minimum Gasteiger partial charge on any atom is -0.496 e. The lowest BCUT2D eigenvalue weighted by molar-refractivity contribution is -0.140. The SMILES string of the molecule is COc1c(C2(C(=O)O)CC2)ccc2[nH]cc(C)c12. The second-order valence-corrected chi connectivity index (χ2v) is 4.93. The van der Waals surface area contributed by atoms with Crippen molar-refractivity contribution in [2.24, 2.45) is 0 Å². The van der Waals surface area contributed by atoms with E-state index in [2.05, 4.69) is 4.98 Å². The van der Waals surface area contributed by atoms with Gasteiger partial charge in [0.2, 0.25) is 0 Å². The standard InChI is InChI=1S/C14H15NO3/c1-8-7-15-10-4-3-9(12(18-2)11(8)10)14(5-6-14)13(16)17/h3-4,7,15H,5-6H2,1-2H3,(H,16,17). The number of carboxylic acid groups (broad SMARTS) is 1.